The molecule has 0 spiro atoms. The molecular weight excluding hydrogens is 1150 g/mol. The molecule has 3 fully saturated rings. The summed E-state index contributed by atoms with van der Waals surface area (Å²) in [6.07, 6.45) is -14.1. The number of Topliss-reactive ketones (excluding diaryl/α,β-unsaturated/α-hetero) is 1. The van der Waals surface area contributed by atoms with E-state index >= 15 is 9.59 Å². The maximum Gasteiger partial charge on any atom is 0.509 e. The Morgan fingerprint density at radius 1 is 0.720 bits per heavy atom. The second-order valence-electron chi connectivity index (χ2n) is 20.5. The van der Waals surface area contributed by atoms with Crippen molar-refractivity contribution in [3.63, 3.8) is 0 Å². The highest BCUT2D eigenvalue weighted by molar-refractivity contribution is 8.77. The average molecular weight is 1210 g/mol. The van der Waals surface area contributed by atoms with Gasteiger partial charge in [-0.2, -0.15) is 0 Å². The molecule has 4 N–H and O–H groups in total. The van der Waals surface area contributed by atoms with Crippen LogP contribution < -0.4 is 5.32 Å². The van der Waals surface area contributed by atoms with Crippen LogP contribution in [-0.4, -0.2) is 167 Å². The Hall–Kier alpha value is -5.80. The van der Waals surface area contributed by atoms with E-state index in [1.165, 1.54) is 95.1 Å². The number of ketones is 1. The zero-order chi connectivity index (χ0) is 59.4. The van der Waals surface area contributed by atoms with Crippen LogP contribution >= 0.6 is 43.2 Å². The van der Waals surface area contributed by atoms with E-state index in [9.17, 15) is 44.1 Å². The van der Waals surface area contributed by atoms with Gasteiger partial charge < -0.3 is 63.3 Å². The first-order chi connectivity index (χ1) is 39.1. The van der Waals surface area contributed by atoms with Gasteiger partial charge in [-0.1, -0.05) is 124 Å². The fourth-order valence-electron chi connectivity index (χ4n) is 11.4. The number of fused-ring (bicyclic) bond motifs is 5. The molecule has 3 aliphatic carbocycles. The molecule has 2 saturated carbocycles. The third-order valence-electron chi connectivity index (χ3n) is 15.2. The zero-order valence-corrected chi connectivity index (χ0v) is 49.2. The van der Waals surface area contributed by atoms with Crippen molar-refractivity contribution >= 4 is 91.1 Å². The fraction of sp³-hybridized carbons (Fsp3) is 0.509. The molecule has 1 amide bonds. The van der Waals surface area contributed by atoms with Crippen LogP contribution in [0.4, 0.5) is 9.59 Å². The molecule has 21 nitrogen and oxygen atoms in total. The molecule has 444 valence electrons. The van der Waals surface area contributed by atoms with E-state index in [-0.39, 0.29) is 72.2 Å². The highest BCUT2D eigenvalue weighted by atomic mass is 33.1. The van der Waals surface area contributed by atoms with Crippen LogP contribution in [0, 0.1) is 16.7 Å². The SMILES string of the molecule is CC(=O)O[C@H]1C(=O)[C@]2(C)[C@@H](OC(=O)OCCSSCCO)C[C@H]3OC[C@@]3(OC(C)=O)[C@H]2[C@H](OC(=O)c2ccccc2)[C@]2(O)C[C@H](OC(=O)[C@H](OC(=O)OCCSSCCO)[C@@H](NC(=O)c3ccccc3)c3ccccc3)C(C)=C1C2(C)C. The number of amides is 1. The van der Waals surface area contributed by atoms with Crippen LogP contribution in [0.1, 0.15) is 86.7 Å². The van der Waals surface area contributed by atoms with Crippen LogP contribution in [0.3, 0.4) is 0 Å². The summed E-state index contributed by atoms with van der Waals surface area (Å²) in [6.45, 7) is 7.15. The summed E-state index contributed by atoms with van der Waals surface area (Å²) in [7, 11) is 5.32. The van der Waals surface area contributed by atoms with E-state index in [4.69, 9.17) is 42.6 Å². The van der Waals surface area contributed by atoms with Gasteiger partial charge >= 0.3 is 36.2 Å². The molecule has 82 heavy (non-hydrogen) atoms. The Morgan fingerprint density at radius 3 is 1.83 bits per heavy atom. The molecule has 3 aromatic carbocycles. The minimum absolute atomic E-state index is 0.00781. The summed E-state index contributed by atoms with van der Waals surface area (Å²) in [5.41, 5.74) is -8.20. The van der Waals surface area contributed by atoms with Gasteiger partial charge in [-0.25, -0.2) is 19.2 Å². The van der Waals surface area contributed by atoms with Crippen molar-refractivity contribution in [2.45, 2.75) is 108 Å². The summed E-state index contributed by atoms with van der Waals surface area (Å²) >= 11 is 0. The van der Waals surface area contributed by atoms with Crippen molar-refractivity contribution in [3.8, 4) is 0 Å². The lowest BCUT2D eigenvalue weighted by Gasteiger charge is -2.67. The van der Waals surface area contributed by atoms with Gasteiger partial charge in [0.05, 0.1) is 36.7 Å². The monoisotopic (exact) mass is 1210 g/mol. The number of hydrogen-bond donors (Lipinski definition) is 4. The minimum atomic E-state index is -2.58. The lowest BCUT2D eigenvalue weighted by Crippen LogP contribution is -2.82. The standard InChI is InChI=1S/C57H67NO20S4/c1-33-39(74-51(66)45(76-53(68)71-25-29-82-80-27-23-60)43(36-16-10-7-11-17-36)58-49(64)37-18-12-8-13-19-37)31-57(69)48(77-50(65)38-20-14-9-15-21-38)46-55(6,47(63)44(73-34(2)61)42(33)54(57,4)5)40(30-41-56(46,32-72-41)78-35(3)62)75-52(67)70-24-28-81-79-26-22-59/h7-21,39-41,43-46,48,59-60,69H,22-32H2,1-6H3,(H,58,64)/t39-,40-,41+,43-,44+,45+,46-,48-,55+,56-,57+/m0/s1. The van der Waals surface area contributed by atoms with Gasteiger partial charge in [0.25, 0.3) is 5.91 Å². The number of hydrogen-bond acceptors (Lipinski definition) is 24. The minimum Gasteiger partial charge on any atom is -0.455 e. The molecule has 0 aromatic heterocycles. The Bertz CT molecular complexity index is 2810. The van der Waals surface area contributed by atoms with E-state index < -0.39 is 132 Å². The topological polar surface area (TPSA) is 292 Å². The van der Waals surface area contributed by atoms with E-state index in [1.54, 1.807) is 66.7 Å². The zero-order valence-electron chi connectivity index (χ0n) is 46.0. The number of ether oxygens (including phenoxy) is 9. The number of esters is 4. The predicted octanol–water partition coefficient (Wildman–Crippen LogP) is 6.80. The maximum atomic E-state index is 16.4. The molecule has 25 heteroatoms. The van der Waals surface area contributed by atoms with Gasteiger partial charge in [0.2, 0.25) is 6.10 Å². The second kappa shape index (κ2) is 28.2. The molecule has 1 saturated heterocycles. The van der Waals surface area contributed by atoms with Gasteiger partial charge in [0, 0.05) is 60.7 Å². The smallest absolute Gasteiger partial charge is 0.455 e. The number of carbonyl (C=O) groups is 8. The predicted molar refractivity (Wildman–Crippen MR) is 302 cm³/mol. The van der Waals surface area contributed by atoms with Gasteiger partial charge in [-0.15, -0.1) is 0 Å². The largest absolute Gasteiger partial charge is 0.509 e. The molecular formula is C57H67NO20S4. The lowest BCUT2D eigenvalue weighted by atomic mass is 9.44. The molecule has 1 heterocycles. The van der Waals surface area contributed by atoms with E-state index in [0.717, 1.165) is 13.8 Å². The van der Waals surface area contributed by atoms with E-state index in [2.05, 4.69) is 5.32 Å². The summed E-state index contributed by atoms with van der Waals surface area (Å²) in [6, 6.07) is 22.3. The summed E-state index contributed by atoms with van der Waals surface area (Å²) in [5.74, 6) is -6.15. The van der Waals surface area contributed by atoms with Crippen LogP contribution in [0.25, 0.3) is 0 Å². The highest BCUT2D eigenvalue weighted by Crippen LogP contribution is 2.65. The second-order valence-corrected chi connectivity index (χ2v) is 25.9. The Balaban J connectivity index is 1.40. The van der Waals surface area contributed by atoms with Crippen molar-refractivity contribution in [3.05, 3.63) is 119 Å². The third kappa shape index (κ3) is 13.9. The molecule has 0 radical (unpaired) electrons. The van der Waals surface area contributed by atoms with Gasteiger partial charge in [0.15, 0.2) is 17.5 Å². The summed E-state index contributed by atoms with van der Waals surface area (Å²) in [5, 5.41) is 35.5. The van der Waals surface area contributed by atoms with Gasteiger partial charge in [-0.05, 0) is 54.8 Å². The Morgan fingerprint density at radius 2 is 1.28 bits per heavy atom. The Kier molecular flexibility index (Phi) is 21.9. The molecule has 0 unspecified atom stereocenters. The quantitative estimate of drug-likeness (QED) is 0.0236. The Labute approximate surface area is 490 Å². The van der Waals surface area contributed by atoms with Crippen molar-refractivity contribution in [2.75, 3.05) is 56.0 Å². The van der Waals surface area contributed by atoms with Crippen molar-refractivity contribution < 1.29 is 96.3 Å². The number of nitrogens with one attached hydrogen (secondary N) is 1. The number of aliphatic hydroxyl groups excluding tert-OH is 2. The number of carbonyl (C=O) groups excluding carboxylic acids is 8. The molecule has 2 bridgehead atoms. The third-order valence-corrected chi connectivity index (χ3v) is 19.9. The lowest BCUT2D eigenvalue weighted by molar-refractivity contribution is -0.346. The average Bonchev–Trinajstić information content (AvgIpc) is 0.714. The van der Waals surface area contributed by atoms with Crippen LogP contribution in [0.15, 0.2) is 102 Å². The van der Waals surface area contributed by atoms with E-state index in [1.807, 2.05) is 0 Å². The van der Waals surface area contributed by atoms with Crippen LogP contribution in [-0.2, 0) is 61.8 Å². The normalized spacial score (nSPS) is 26.7. The first-order valence-corrected chi connectivity index (χ1v) is 31.3. The van der Waals surface area contributed by atoms with Crippen LogP contribution in [0.2, 0.25) is 0 Å². The molecule has 3 aromatic rings. The first-order valence-electron chi connectivity index (χ1n) is 26.4. The van der Waals surface area contributed by atoms with Crippen molar-refractivity contribution in [1.82, 2.24) is 5.32 Å². The molecule has 4 aliphatic rings. The number of benzene rings is 3. The molecule has 7 rings (SSSR count). The molecule has 1 aliphatic heterocycles. The molecule has 11 atom stereocenters. The fourth-order valence-corrected chi connectivity index (χ4v) is 14.5. The van der Waals surface area contributed by atoms with Crippen molar-refractivity contribution in [2.24, 2.45) is 16.7 Å². The maximum absolute atomic E-state index is 16.4. The highest BCUT2D eigenvalue weighted by Gasteiger charge is 2.79. The summed E-state index contributed by atoms with van der Waals surface area (Å²) < 4.78 is 54.2. The first kappa shape index (κ1) is 63.8. The number of rotatable bonds is 24. The van der Waals surface area contributed by atoms with Crippen LogP contribution in [0.5, 0.6) is 0 Å². The number of aliphatic hydroxyl groups is 3. The van der Waals surface area contributed by atoms with Gasteiger partial charge in [-0.3, -0.25) is 19.2 Å². The van der Waals surface area contributed by atoms with Crippen molar-refractivity contribution in [1.29, 1.82) is 0 Å². The van der Waals surface area contributed by atoms with Gasteiger partial charge in [0.1, 0.15) is 49.3 Å². The van der Waals surface area contributed by atoms with E-state index in [0.29, 0.717) is 11.5 Å². The summed E-state index contributed by atoms with van der Waals surface area (Å²) in [4.78, 5) is 115.